The van der Waals surface area contributed by atoms with Crippen LogP contribution in [0.15, 0.2) is 24.5 Å². The Labute approximate surface area is 68.2 Å². The van der Waals surface area contributed by atoms with E-state index in [4.69, 9.17) is 0 Å². The van der Waals surface area contributed by atoms with Gasteiger partial charge in [0.2, 0.25) is 0 Å². The minimum absolute atomic E-state index is 0.626. The van der Waals surface area contributed by atoms with E-state index < -0.39 is 16.2 Å². The molecule has 2 heteroatoms. The molecule has 0 amide bonds. The fourth-order valence-corrected chi connectivity index (χ4v) is 4.06. The number of aromatic nitrogens is 1. The van der Waals surface area contributed by atoms with Gasteiger partial charge >= 0.3 is 67.9 Å². The number of hydrogen-bond donors (Lipinski definition) is 0. The number of hydrogen-bond acceptors (Lipinski definition) is 0. The first-order valence-electron chi connectivity index (χ1n) is 3.59. The quantitative estimate of drug-likeness (QED) is 0.697. The van der Waals surface area contributed by atoms with Crippen LogP contribution in [0.4, 0.5) is 0 Å². The molecule has 1 nitrogen and oxygen atoms in total. The second-order valence-electron chi connectivity index (χ2n) is 1.92. The number of rotatable bonds is 3. The van der Waals surface area contributed by atoms with Gasteiger partial charge in [-0.3, -0.25) is 0 Å². The maximum absolute atomic E-state index is 2.42. The zero-order valence-electron chi connectivity index (χ0n) is 6.52. The zero-order chi connectivity index (χ0) is 7.40. The van der Waals surface area contributed by atoms with Crippen LogP contribution in [0, 0.1) is 0 Å². The third-order valence-electron chi connectivity index (χ3n) is 1.40. The van der Waals surface area contributed by atoms with E-state index in [9.17, 15) is 0 Å². The summed E-state index contributed by atoms with van der Waals surface area (Å²) in [6.45, 7) is 4.59. The van der Waals surface area contributed by atoms with Crippen LogP contribution in [0.1, 0.15) is 13.8 Å². The topological polar surface area (TPSA) is 4.93 Å². The second-order valence-corrected chi connectivity index (χ2v) is 7.24. The van der Waals surface area contributed by atoms with Crippen molar-refractivity contribution >= 4 is 0 Å². The Morgan fingerprint density at radius 3 is 2.00 bits per heavy atom. The third-order valence-corrected chi connectivity index (χ3v) is 6.02. The third kappa shape index (κ3) is 1.70. The molecule has 1 aromatic heterocycles. The van der Waals surface area contributed by atoms with Crippen LogP contribution >= 0.6 is 0 Å². The average Bonchev–Trinajstić information content (AvgIpc) is 2.43. The van der Waals surface area contributed by atoms with Gasteiger partial charge in [-0.1, -0.05) is 0 Å². The molecule has 0 saturated heterocycles. The van der Waals surface area contributed by atoms with Crippen LogP contribution in [-0.2, 0) is 16.2 Å². The Morgan fingerprint density at radius 1 is 1.10 bits per heavy atom. The van der Waals surface area contributed by atoms with Gasteiger partial charge in [0.15, 0.2) is 0 Å². The maximum atomic E-state index is 2.42. The molecule has 0 unspecified atom stereocenters. The van der Waals surface area contributed by atoms with Gasteiger partial charge in [-0.15, -0.1) is 0 Å². The van der Waals surface area contributed by atoms with E-state index in [1.54, 1.807) is 0 Å². The molecule has 0 saturated carbocycles. The average molecular weight is 225 g/mol. The molecule has 0 aromatic carbocycles. The van der Waals surface area contributed by atoms with Crippen LogP contribution in [0.25, 0.3) is 0 Å². The van der Waals surface area contributed by atoms with Crippen molar-refractivity contribution in [3.63, 3.8) is 0 Å². The molecule has 0 atom stereocenters. The summed E-state index contributed by atoms with van der Waals surface area (Å²) >= 11 is -0.626. The molecule has 0 aliphatic heterocycles. The minimum atomic E-state index is -0.626. The van der Waals surface area contributed by atoms with Crippen molar-refractivity contribution in [1.29, 1.82) is 0 Å². The summed E-state index contributed by atoms with van der Waals surface area (Å²) in [6, 6.07) is 4.24. The summed E-state index contributed by atoms with van der Waals surface area (Å²) in [6.07, 6.45) is 4.40. The molecule has 0 spiro atoms. The van der Waals surface area contributed by atoms with Crippen LogP contribution < -0.4 is 0 Å². The van der Waals surface area contributed by atoms with Gasteiger partial charge in [0.25, 0.3) is 0 Å². The summed E-state index contributed by atoms with van der Waals surface area (Å²) in [5.41, 5.74) is 0. The summed E-state index contributed by atoms with van der Waals surface area (Å²) in [7, 11) is 0. The molecule has 1 rings (SSSR count). The Hall–Kier alpha value is -0.0966. The molecule has 1 heterocycles. The molecule has 1 aromatic rings. The first-order chi connectivity index (χ1) is 4.88. The van der Waals surface area contributed by atoms with E-state index in [0.29, 0.717) is 0 Å². The molecule has 0 aliphatic carbocycles. The van der Waals surface area contributed by atoms with Crippen LogP contribution in [0.2, 0.25) is 10.0 Å². The first-order valence-corrected chi connectivity index (χ1v) is 6.82. The van der Waals surface area contributed by atoms with E-state index >= 15 is 0 Å². The van der Waals surface area contributed by atoms with E-state index in [1.165, 1.54) is 10.0 Å². The molecule has 0 radical (unpaired) electrons. The molecule has 0 bridgehead atoms. The molecule has 0 fully saturated rings. The standard InChI is InChI=1S/C4H4N.2C2H5.Ru/c1-2-4-5-3-1;2*1-2;/h1-4H;2*1H2,2H3;/q-1;;;+1. The van der Waals surface area contributed by atoms with Gasteiger partial charge < -0.3 is 0 Å². The molecule has 10 heavy (non-hydrogen) atoms. The van der Waals surface area contributed by atoms with Crippen LogP contribution in [0.3, 0.4) is 0 Å². The second kappa shape index (κ2) is 3.93. The zero-order valence-corrected chi connectivity index (χ0v) is 8.26. The summed E-state index contributed by atoms with van der Waals surface area (Å²) in [5.74, 6) is 0. The van der Waals surface area contributed by atoms with Gasteiger partial charge in [-0.2, -0.15) is 0 Å². The van der Waals surface area contributed by atoms with Crippen molar-refractivity contribution < 1.29 is 16.2 Å². The normalized spacial score (nSPS) is 11.6. The molecular weight excluding hydrogens is 211 g/mol. The van der Waals surface area contributed by atoms with Crippen LogP contribution in [0.5, 0.6) is 0 Å². The Balaban J connectivity index is 2.64. The summed E-state index contributed by atoms with van der Waals surface area (Å²) in [4.78, 5) is 0. The van der Waals surface area contributed by atoms with Gasteiger partial charge in [-0.05, 0) is 0 Å². The van der Waals surface area contributed by atoms with E-state index in [-0.39, 0.29) is 0 Å². The van der Waals surface area contributed by atoms with Crippen molar-refractivity contribution in [2.75, 3.05) is 0 Å². The Kier molecular flexibility index (Phi) is 3.14. The van der Waals surface area contributed by atoms with Crippen molar-refractivity contribution in [1.82, 2.24) is 3.31 Å². The predicted octanol–water partition coefficient (Wildman–Crippen LogP) is 2.75. The van der Waals surface area contributed by atoms with Crippen molar-refractivity contribution in [3.8, 4) is 0 Å². The summed E-state index contributed by atoms with van der Waals surface area (Å²) in [5, 5.41) is 2.74. The van der Waals surface area contributed by atoms with Crippen molar-refractivity contribution in [2.24, 2.45) is 0 Å². The van der Waals surface area contributed by atoms with Crippen LogP contribution in [-0.4, -0.2) is 3.31 Å². The fraction of sp³-hybridized carbons (Fsp3) is 0.500. The predicted molar refractivity (Wildman–Crippen MR) is 40.8 cm³/mol. The van der Waals surface area contributed by atoms with Crippen molar-refractivity contribution in [2.45, 2.75) is 23.9 Å². The SMILES string of the molecule is C[CH2][Ru]([CH2]C)[n]1cccc1. The molecule has 0 N–H and O–H groups in total. The summed E-state index contributed by atoms with van der Waals surface area (Å²) < 4.78 is 2.42. The Morgan fingerprint density at radius 2 is 1.60 bits per heavy atom. The number of nitrogens with zero attached hydrogens (tertiary/aromatic N) is 1. The molecule has 59 valence electrons. The fourth-order valence-electron chi connectivity index (χ4n) is 0.893. The van der Waals surface area contributed by atoms with Gasteiger partial charge in [0, 0.05) is 0 Å². The molecular formula is C8H14NRu. The monoisotopic (exact) mass is 226 g/mol. The van der Waals surface area contributed by atoms with Crippen molar-refractivity contribution in [3.05, 3.63) is 24.5 Å². The van der Waals surface area contributed by atoms with E-state index in [2.05, 4.69) is 41.7 Å². The van der Waals surface area contributed by atoms with E-state index in [0.717, 1.165) is 0 Å². The molecule has 0 aliphatic rings. The Bertz CT molecular complexity index is 165. The van der Waals surface area contributed by atoms with E-state index in [1.807, 2.05) is 0 Å². The van der Waals surface area contributed by atoms with Gasteiger partial charge in [0.05, 0.1) is 0 Å². The van der Waals surface area contributed by atoms with Gasteiger partial charge in [-0.25, -0.2) is 0 Å². The first kappa shape index (κ1) is 8.00. The van der Waals surface area contributed by atoms with Gasteiger partial charge in [0.1, 0.15) is 0 Å².